The van der Waals surface area contributed by atoms with Crippen LogP contribution >= 0.6 is 0 Å². The number of amides is 2. The van der Waals surface area contributed by atoms with Crippen LogP contribution in [0.4, 0.5) is 22.6 Å². The number of hydrogen-bond donors (Lipinski definition) is 6. The average molecular weight is 229 g/mol. The maximum atomic E-state index is 9.00. The lowest BCUT2D eigenvalue weighted by atomic mass is 10.9. The molecule has 1 rings (SSSR count). The van der Waals surface area contributed by atoms with Crippen molar-refractivity contribution in [2.75, 3.05) is 17.2 Å². The van der Waals surface area contributed by atoms with Gasteiger partial charge in [-0.05, 0) is 0 Å². The molecule has 0 fully saturated rings. The number of carbonyl (C=O) groups is 1. The van der Waals surface area contributed by atoms with E-state index in [-0.39, 0.29) is 17.8 Å². The third-order valence-corrected chi connectivity index (χ3v) is 0.687. The summed E-state index contributed by atoms with van der Waals surface area (Å²) < 4.78 is 0. The minimum absolute atomic E-state index is 0.0417. The first-order valence-electron chi connectivity index (χ1n) is 3.44. The molecule has 0 aromatic carbocycles. The van der Waals surface area contributed by atoms with E-state index >= 15 is 0 Å². The third kappa shape index (κ3) is 13.6. The summed E-state index contributed by atoms with van der Waals surface area (Å²) in [6.07, 6.45) is 0.750. The summed E-state index contributed by atoms with van der Waals surface area (Å²) >= 11 is 0. The Morgan fingerprint density at radius 1 is 1.06 bits per heavy atom. The van der Waals surface area contributed by atoms with Gasteiger partial charge in [0.15, 0.2) is 0 Å². The van der Waals surface area contributed by atoms with E-state index in [1.165, 1.54) is 0 Å². The minimum atomic E-state index is -0.833. The van der Waals surface area contributed by atoms with Crippen molar-refractivity contribution < 1.29 is 9.90 Å². The molecule has 1 heterocycles. The number of nitriles is 1. The standard InChI is InChI=1S/C3H6N6.CH4N2O.CHNO/c4-1-7-2(5)9-3(6)8-1;2-1(3)4;2-1-3/h(H6,4,5,6,7,8,9);(H4,2,3,4);3H. The smallest absolute Gasteiger partial charge is 0.309 e. The summed E-state index contributed by atoms with van der Waals surface area (Å²) in [4.78, 5) is 19.5. The molecule has 0 spiro atoms. The number of nitrogens with zero attached hydrogens (tertiary/aromatic N) is 4. The van der Waals surface area contributed by atoms with Crippen LogP contribution in [-0.4, -0.2) is 26.1 Å². The molecule has 1 aromatic heterocycles. The molecule has 88 valence electrons. The van der Waals surface area contributed by atoms with Crippen molar-refractivity contribution in [3.63, 3.8) is 0 Å². The molecule has 0 aliphatic rings. The fourth-order valence-corrected chi connectivity index (χ4v) is 0.427. The molecule has 11 N–H and O–H groups in total. The summed E-state index contributed by atoms with van der Waals surface area (Å²) in [6.45, 7) is 0. The predicted molar refractivity (Wildman–Crippen MR) is 54.4 cm³/mol. The van der Waals surface area contributed by atoms with Gasteiger partial charge in [-0.25, -0.2) is 4.79 Å². The Morgan fingerprint density at radius 2 is 1.19 bits per heavy atom. The lowest BCUT2D eigenvalue weighted by Crippen LogP contribution is -2.18. The van der Waals surface area contributed by atoms with Gasteiger partial charge in [-0.2, -0.15) is 20.2 Å². The van der Waals surface area contributed by atoms with Crippen LogP contribution in [0.3, 0.4) is 0 Å². The Kier molecular flexibility index (Phi) is 8.26. The lowest BCUT2D eigenvalue weighted by Gasteiger charge is -1.93. The first-order valence-corrected chi connectivity index (χ1v) is 3.44. The van der Waals surface area contributed by atoms with Crippen LogP contribution in [0.15, 0.2) is 0 Å². The van der Waals surface area contributed by atoms with E-state index in [0.717, 1.165) is 6.26 Å². The van der Waals surface area contributed by atoms with Gasteiger partial charge in [-0.3, -0.25) is 0 Å². The van der Waals surface area contributed by atoms with E-state index in [0.29, 0.717) is 0 Å². The van der Waals surface area contributed by atoms with E-state index in [1.54, 1.807) is 0 Å². The van der Waals surface area contributed by atoms with E-state index in [9.17, 15) is 0 Å². The predicted octanol–water partition coefficient (Wildman–Crippen LogP) is -2.52. The number of aliphatic hydroxyl groups excluding tert-OH is 1. The molecule has 0 atom stereocenters. The van der Waals surface area contributed by atoms with Gasteiger partial charge in [-0.15, -0.1) is 0 Å². The molecular formula is C5H11N9O2. The van der Waals surface area contributed by atoms with Gasteiger partial charge < -0.3 is 33.8 Å². The normalized spacial score (nSPS) is 7.19. The number of primary amides is 2. The number of aliphatic hydroxyl groups is 1. The summed E-state index contributed by atoms with van der Waals surface area (Å²) in [5, 5.41) is 13.8. The first-order chi connectivity index (χ1) is 7.33. The summed E-state index contributed by atoms with van der Waals surface area (Å²) in [5.74, 6) is 0.125. The highest BCUT2D eigenvalue weighted by Crippen LogP contribution is 1.97. The minimum Gasteiger partial charge on any atom is -0.443 e. The van der Waals surface area contributed by atoms with Crippen molar-refractivity contribution in [3.05, 3.63) is 0 Å². The summed E-state index contributed by atoms with van der Waals surface area (Å²) in [7, 11) is 0. The maximum Gasteiger partial charge on any atom is 0.309 e. The molecule has 0 unspecified atom stereocenters. The second-order valence-corrected chi connectivity index (χ2v) is 1.91. The van der Waals surface area contributed by atoms with Gasteiger partial charge in [0.05, 0.1) is 0 Å². The van der Waals surface area contributed by atoms with E-state index < -0.39 is 6.03 Å². The maximum absolute atomic E-state index is 9.00. The van der Waals surface area contributed by atoms with Crippen molar-refractivity contribution in [1.82, 2.24) is 15.0 Å². The quantitative estimate of drug-likeness (QED) is 0.257. The molecule has 0 bridgehead atoms. The first kappa shape index (κ1) is 15.4. The second-order valence-electron chi connectivity index (χ2n) is 1.91. The van der Waals surface area contributed by atoms with Gasteiger partial charge in [0.25, 0.3) is 6.26 Å². The number of anilines is 3. The lowest BCUT2D eigenvalue weighted by molar-refractivity contribution is 0.256. The van der Waals surface area contributed by atoms with Crippen molar-refractivity contribution in [2.24, 2.45) is 11.5 Å². The van der Waals surface area contributed by atoms with Gasteiger partial charge in [0, 0.05) is 0 Å². The molecule has 0 radical (unpaired) electrons. The van der Waals surface area contributed by atoms with Crippen LogP contribution < -0.4 is 28.7 Å². The Hall–Kier alpha value is -3.03. The van der Waals surface area contributed by atoms with Crippen LogP contribution in [0.5, 0.6) is 0 Å². The molecule has 0 aliphatic heterocycles. The second kappa shape index (κ2) is 8.56. The topological polar surface area (TPSA) is 230 Å². The molecule has 11 heteroatoms. The van der Waals surface area contributed by atoms with E-state index in [1.807, 2.05) is 0 Å². The molecule has 0 saturated carbocycles. The van der Waals surface area contributed by atoms with Crippen molar-refractivity contribution in [2.45, 2.75) is 0 Å². The van der Waals surface area contributed by atoms with Crippen LogP contribution in [0.2, 0.25) is 0 Å². The van der Waals surface area contributed by atoms with Crippen LogP contribution in [0, 0.1) is 11.5 Å². The van der Waals surface area contributed by atoms with E-state index in [2.05, 4.69) is 26.4 Å². The molecular weight excluding hydrogens is 218 g/mol. The zero-order chi connectivity index (χ0) is 13.1. The molecule has 1 aromatic rings. The Morgan fingerprint density at radius 3 is 1.31 bits per heavy atom. The zero-order valence-corrected chi connectivity index (χ0v) is 8.03. The van der Waals surface area contributed by atoms with Crippen LogP contribution in [0.1, 0.15) is 0 Å². The van der Waals surface area contributed by atoms with Crippen LogP contribution in [-0.2, 0) is 0 Å². The van der Waals surface area contributed by atoms with Gasteiger partial charge in [0.2, 0.25) is 17.8 Å². The molecule has 0 saturated heterocycles. The third-order valence-electron chi connectivity index (χ3n) is 0.687. The highest BCUT2D eigenvalue weighted by molar-refractivity contribution is 5.69. The average Bonchev–Trinajstić information content (AvgIpc) is 2.00. The number of carbonyl (C=O) groups excluding carboxylic acids is 1. The summed E-state index contributed by atoms with van der Waals surface area (Å²) in [6, 6.07) is -0.833. The number of hydrogen-bond acceptors (Lipinski definition) is 9. The highest BCUT2D eigenvalue weighted by Gasteiger charge is 1.93. The zero-order valence-electron chi connectivity index (χ0n) is 8.03. The fourth-order valence-electron chi connectivity index (χ4n) is 0.427. The molecule has 0 aliphatic carbocycles. The number of nitrogens with two attached hydrogens (primary N) is 5. The number of aromatic nitrogens is 3. The Bertz CT molecular complexity index is 318. The van der Waals surface area contributed by atoms with Crippen molar-refractivity contribution >= 4 is 23.9 Å². The molecule has 11 nitrogen and oxygen atoms in total. The highest BCUT2D eigenvalue weighted by atomic mass is 16.2. The van der Waals surface area contributed by atoms with E-state index in [4.69, 9.17) is 32.4 Å². The Labute approximate surface area is 89.9 Å². The van der Waals surface area contributed by atoms with Crippen LogP contribution in [0.25, 0.3) is 0 Å². The van der Waals surface area contributed by atoms with Gasteiger partial charge in [-0.1, -0.05) is 0 Å². The van der Waals surface area contributed by atoms with Gasteiger partial charge >= 0.3 is 6.03 Å². The largest absolute Gasteiger partial charge is 0.443 e. The molecule has 2 amide bonds. The summed E-state index contributed by atoms with van der Waals surface area (Å²) in [5.41, 5.74) is 23.9. The number of rotatable bonds is 0. The van der Waals surface area contributed by atoms with Gasteiger partial charge in [0.1, 0.15) is 0 Å². The monoisotopic (exact) mass is 229 g/mol. The van der Waals surface area contributed by atoms with Crippen molar-refractivity contribution in [3.8, 4) is 6.26 Å². The Balaban J connectivity index is 0. The van der Waals surface area contributed by atoms with Crippen molar-refractivity contribution in [1.29, 1.82) is 5.26 Å². The number of nitrogen functional groups attached to an aromatic ring is 3. The number of urea groups is 1. The fraction of sp³-hybridized carbons (Fsp3) is 0. The SMILES string of the molecule is N#CO.NC(N)=O.Nc1nc(N)nc(N)n1. The molecule has 16 heavy (non-hydrogen) atoms.